The Hall–Kier alpha value is -2.53. The van der Waals surface area contributed by atoms with Crippen molar-refractivity contribution in [2.75, 3.05) is 13.1 Å². The summed E-state index contributed by atoms with van der Waals surface area (Å²) in [5.41, 5.74) is 2.31. The lowest BCUT2D eigenvalue weighted by Gasteiger charge is -2.32. The Bertz CT molecular complexity index is 769. The van der Waals surface area contributed by atoms with Gasteiger partial charge in [0.2, 0.25) is 0 Å². The molecule has 5 heteroatoms. The van der Waals surface area contributed by atoms with E-state index in [-0.39, 0.29) is 0 Å². The van der Waals surface area contributed by atoms with Gasteiger partial charge in [0.25, 0.3) is 0 Å². The Kier molecular flexibility index (Phi) is 4.34. The third-order valence-electron chi connectivity index (χ3n) is 4.56. The van der Waals surface area contributed by atoms with Crippen LogP contribution in [0.25, 0.3) is 5.82 Å². The van der Waals surface area contributed by atoms with Gasteiger partial charge in [0, 0.05) is 43.3 Å². The molecule has 4 heterocycles. The van der Waals surface area contributed by atoms with Crippen LogP contribution in [0, 0.1) is 0 Å². The van der Waals surface area contributed by atoms with Gasteiger partial charge >= 0.3 is 0 Å². The molecule has 24 heavy (non-hydrogen) atoms. The number of hydrogen-bond acceptors (Lipinski definition) is 4. The predicted molar refractivity (Wildman–Crippen MR) is 92.8 cm³/mol. The van der Waals surface area contributed by atoms with Crippen LogP contribution < -0.4 is 0 Å². The van der Waals surface area contributed by atoms with Crippen molar-refractivity contribution in [2.24, 2.45) is 0 Å². The zero-order chi connectivity index (χ0) is 16.2. The molecule has 0 radical (unpaired) electrons. The van der Waals surface area contributed by atoms with Crippen LogP contribution >= 0.6 is 0 Å². The van der Waals surface area contributed by atoms with Crippen LogP contribution in [0.1, 0.15) is 30.1 Å². The van der Waals surface area contributed by atoms with Crippen LogP contribution in [0.4, 0.5) is 0 Å². The average Bonchev–Trinajstić information content (AvgIpc) is 3.18. The van der Waals surface area contributed by atoms with Gasteiger partial charge in [-0.2, -0.15) is 0 Å². The summed E-state index contributed by atoms with van der Waals surface area (Å²) in [5.74, 6) is 1.41. The van der Waals surface area contributed by atoms with Gasteiger partial charge in [0.1, 0.15) is 12.1 Å². The number of imidazole rings is 1. The third kappa shape index (κ3) is 3.36. The quantitative estimate of drug-likeness (QED) is 0.741. The summed E-state index contributed by atoms with van der Waals surface area (Å²) in [7, 11) is 0. The maximum atomic E-state index is 4.86. The second kappa shape index (κ2) is 6.93. The van der Waals surface area contributed by atoms with E-state index >= 15 is 0 Å². The molecule has 0 N–H and O–H groups in total. The van der Waals surface area contributed by atoms with E-state index in [9.17, 15) is 0 Å². The fourth-order valence-electron chi connectivity index (χ4n) is 3.37. The monoisotopic (exact) mass is 319 g/mol. The maximum absolute atomic E-state index is 4.86. The molecular formula is C19H21N5. The fourth-order valence-corrected chi connectivity index (χ4v) is 3.37. The van der Waals surface area contributed by atoms with Crippen LogP contribution in [0.15, 0.2) is 61.3 Å². The molecule has 1 atom stereocenters. The highest BCUT2D eigenvalue weighted by atomic mass is 15.1. The Labute approximate surface area is 142 Å². The molecule has 1 aliphatic rings. The molecule has 0 spiro atoms. The summed E-state index contributed by atoms with van der Waals surface area (Å²) in [6.45, 7) is 3.09. The zero-order valence-electron chi connectivity index (χ0n) is 13.6. The number of rotatable bonds is 4. The summed E-state index contributed by atoms with van der Waals surface area (Å²) in [6, 6.07) is 12.4. The standard InChI is InChI=1S/C19H21N5/c1-2-9-21-17(6-1)14-23-11-4-5-16(13-23)18-7-3-8-19(22-18)24-12-10-20-15-24/h1-3,6-10,12,15-16H,4-5,11,13-14H2. The van der Waals surface area contributed by atoms with E-state index in [2.05, 4.69) is 39.1 Å². The van der Waals surface area contributed by atoms with Crippen LogP contribution in [0.3, 0.4) is 0 Å². The summed E-state index contributed by atoms with van der Waals surface area (Å²) < 4.78 is 1.96. The first kappa shape index (κ1) is 15.0. The normalized spacial score (nSPS) is 18.6. The van der Waals surface area contributed by atoms with Crippen LogP contribution in [0.2, 0.25) is 0 Å². The van der Waals surface area contributed by atoms with E-state index in [0.29, 0.717) is 5.92 Å². The van der Waals surface area contributed by atoms with Gasteiger partial charge in [-0.3, -0.25) is 14.5 Å². The van der Waals surface area contributed by atoms with Gasteiger partial charge in [-0.15, -0.1) is 0 Å². The van der Waals surface area contributed by atoms with E-state index < -0.39 is 0 Å². The molecule has 1 fully saturated rings. The Morgan fingerprint density at radius 3 is 2.92 bits per heavy atom. The first-order chi connectivity index (χ1) is 11.9. The fraction of sp³-hybridized carbons (Fsp3) is 0.316. The second-order valence-corrected chi connectivity index (χ2v) is 6.29. The van der Waals surface area contributed by atoms with Crippen LogP contribution in [0.5, 0.6) is 0 Å². The van der Waals surface area contributed by atoms with E-state index in [0.717, 1.165) is 31.1 Å². The van der Waals surface area contributed by atoms with Crippen LogP contribution in [-0.2, 0) is 6.54 Å². The Morgan fingerprint density at radius 1 is 1.08 bits per heavy atom. The van der Waals surface area contributed by atoms with Crippen molar-refractivity contribution >= 4 is 0 Å². The summed E-state index contributed by atoms with van der Waals surface area (Å²) in [5, 5.41) is 0. The largest absolute Gasteiger partial charge is 0.297 e. The van der Waals surface area contributed by atoms with Crippen molar-refractivity contribution in [2.45, 2.75) is 25.3 Å². The molecule has 1 unspecified atom stereocenters. The summed E-state index contributed by atoms with van der Waals surface area (Å²) in [4.78, 5) is 15.9. The lowest BCUT2D eigenvalue weighted by Crippen LogP contribution is -2.34. The number of pyridine rings is 2. The highest BCUT2D eigenvalue weighted by Gasteiger charge is 2.22. The molecule has 1 aliphatic heterocycles. The van der Waals surface area contributed by atoms with Gasteiger partial charge in [-0.1, -0.05) is 12.1 Å². The molecule has 122 valence electrons. The van der Waals surface area contributed by atoms with Crippen molar-refractivity contribution in [3.8, 4) is 5.82 Å². The molecule has 3 aromatic rings. The first-order valence-corrected chi connectivity index (χ1v) is 8.46. The van der Waals surface area contributed by atoms with Crippen molar-refractivity contribution in [3.63, 3.8) is 0 Å². The van der Waals surface area contributed by atoms with E-state index in [1.165, 1.54) is 18.5 Å². The minimum atomic E-state index is 0.478. The molecule has 0 saturated carbocycles. The molecule has 1 saturated heterocycles. The lowest BCUT2D eigenvalue weighted by molar-refractivity contribution is 0.196. The van der Waals surface area contributed by atoms with Crippen LogP contribution in [-0.4, -0.2) is 37.5 Å². The minimum absolute atomic E-state index is 0.478. The molecule has 0 aromatic carbocycles. The van der Waals surface area contributed by atoms with Gasteiger partial charge in [-0.05, 0) is 43.7 Å². The lowest BCUT2D eigenvalue weighted by atomic mass is 9.94. The average molecular weight is 319 g/mol. The van der Waals surface area contributed by atoms with Crippen molar-refractivity contribution in [1.29, 1.82) is 0 Å². The van der Waals surface area contributed by atoms with Crippen molar-refractivity contribution < 1.29 is 0 Å². The Balaban J connectivity index is 1.49. The summed E-state index contributed by atoms with van der Waals surface area (Å²) >= 11 is 0. The number of aromatic nitrogens is 4. The molecule has 3 aromatic heterocycles. The zero-order valence-corrected chi connectivity index (χ0v) is 13.6. The number of piperidine rings is 1. The molecule has 0 bridgehead atoms. The number of hydrogen-bond donors (Lipinski definition) is 0. The number of likely N-dealkylation sites (tertiary alicyclic amines) is 1. The smallest absolute Gasteiger partial charge is 0.138 e. The van der Waals surface area contributed by atoms with Gasteiger partial charge in [0.15, 0.2) is 0 Å². The topological polar surface area (TPSA) is 46.8 Å². The van der Waals surface area contributed by atoms with Gasteiger partial charge < -0.3 is 0 Å². The Morgan fingerprint density at radius 2 is 2.08 bits per heavy atom. The highest BCUT2D eigenvalue weighted by molar-refractivity contribution is 5.26. The summed E-state index contributed by atoms with van der Waals surface area (Å²) in [6.07, 6.45) is 9.77. The molecule has 0 aliphatic carbocycles. The SMILES string of the molecule is c1ccc(CN2CCCC(c3cccc(-n4ccnc4)n3)C2)nc1. The number of nitrogens with zero attached hydrogens (tertiary/aromatic N) is 5. The van der Waals surface area contributed by atoms with E-state index in [1.807, 2.05) is 29.1 Å². The molecular weight excluding hydrogens is 298 g/mol. The maximum Gasteiger partial charge on any atom is 0.138 e. The molecule has 0 amide bonds. The molecule has 5 nitrogen and oxygen atoms in total. The van der Waals surface area contributed by atoms with Gasteiger partial charge in [-0.25, -0.2) is 9.97 Å². The van der Waals surface area contributed by atoms with Gasteiger partial charge in [0.05, 0.1) is 5.69 Å². The van der Waals surface area contributed by atoms with E-state index in [1.54, 1.807) is 12.5 Å². The first-order valence-electron chi connectivity index (χ1n) is 8.46. The predicted octanol–water partition coefficient (Wildman–Crippen LogP) is 3.04. The van der Waals surface area contributed by atoms with E-state index in [4.69, 9.17) is 4.98 Å². The highest BCUT2D eigenvalue weighted by Crippen LogP contribution is 2.27. The minimum Gasteiger partial charge on any atom is -0.297 e. The van der Waals surface area contributed by atoms with Crippen molar-refractivity contribution in [3.05, 3.63) is 72.7 Å². The second-order valence-electron chi connectivity index (χ2n) is 6.29. The third-order valence-corrected chi connectivity index (χ3v) is 4.56. The van der Waals surface area contributed by atoms with Crippen molar-refractivity contribution in [1.82, 2.24) is 24.4 Å². The molecule has 4 rings (SSSR count).